The minimum atomic E-state index is -0.0308. The molecule has 0 radical (unpaired) electrons. The van der Waals surface area contributed by atoms with E-state index >= 15 is 0 Å². The molecule has 0 saturated carbocycles. The van der Waals surface area contributed by atoms with Crippen molar-refractivity contribution in [2.45, 2.75) is 32.2 Å². The Morgan fingerprint density at radius 2 is 1.93 bits per heavy atom. The van der Waals surface area contributed by atoms with Gasteiger partial charge in [-0.05, 0) is 37.3 Å². The maximum atomic E-state index is 12.9. The first-order chi connectivity index (χ1) is 13.7. The van der Waals surface area contributed by atoms with E-state index in [2.05, 4.69) is 16.0 Å². The summed E-state index contributed by atoms with van der Waals surface area (Å²) in [6.07, 6.45) is 6.49. The molecule has 0 spiro atoms. The summed E-state index contributed by atoms with van der Waals surface area (Å²) in [7, 11) is 0. The van der Waals surface area contributed by atoms with E-state index in [0.29, 0.717) is 6.54 Å². The number of piperazine rings is 1. The smallest absolute Gasteiger partial charge is 0.264 e. The molecule has 1 aliphatic carbocycles. The van der Waals surface area contributed by atoms with Crippen LogP contribution in [0.1, 0.15) is 38.6 Å². The Labute approximate surface area is 171 Å². The Morgan fingerprint density at radius 3 is 2.75 bits per heavy atom. The predicted octanol–water partition coefficient (Wildman–Crippen LogP) is 2.65. The van der Waals surface area contributed by atoms with E-state index in [-0.39, 0.29) is 11.5 Å². The summed E-state index contributed by atoms with van der Waals surface area (Å²) in [5.74, 6) is 0.176. The maximum absolute atomic E-state index is 12.9. The molecule has 4 heterocycles. The number of carbonyl (C=O) groups excluding carboxylic acids is 1. The third kappa shape index (κ3) is 3.40. The molecule has 1 aliphatic heterocycles. The number of fused-ring (bicyclic) bond motifs is 2. The van der Waals surface area contributed by atoms with Crippen LogP contribution in [0.15, 0.2) is 28.5 Å². The Morgan fingerprint density at radius 1 is 1.11 bits per heavy atom. The molecule has 2 aliphatic rings. The summed E-state index contributed by atoms with van der Waals surface area (Å²) in [5, 5.41) is 1.88. The highest BCUT2D eigenvalue weighted by Crippen LogP contribution is 2.30. The summed E-state index contributed by atoms with van der Waals surface area (Å²) < 4.78 is 1.57. The van der Waals surface area contributed by atoms with E-state index < -0.39 is 0 Å². The molecule has 3 aromatic rings. The molecule has 8 heteroatoms. The van der Waals surface area contributed by atoms with Gasteiger partial charge in [-0.25, -0.2) is 4.98 Å². The molecule has 0 atom stereocenters. The van der Waals surface area contributed by atoms with Crippen LogP contribution < -0.4 is 5.56 Å². The van der Waals surface area contributed by atoms with E-state index in [1.54, 1.807) is 28.0 Å². The molecule has 6 nitrogen and oxygen atoms in total. The van der Waals surface area contributed by atoms with Crippen molar-refractivity contribution in [3.63, 3.8) is 0 Å². The second-order valence-corrected chi connectivity index (χ2v) is 9.49. The monoisotopic (exact) mass is 414 g/mol. The minimum Gasteiger partial charge on any atom is -0.335 e. The van der Waals surface area contributed by atoms with E-state index in [0.717, 1.165) is 54.6 Å². The molecule has 3 aromatic heterocycles. The number of thiazole rings is 1. The summed E-state index contributed by atoms with van der Waals surface area (Å²) in [6, 6.07) is 3.74. The van der Waals surface area contributed by atoms with Gasteiger partial charge in [-0.2, -0.15) is 0 Å². The number of carbonyl (C=O) groups is 1. The van der Waals surface area contributed by atoms with Gasteiger partial charge in [0.2, 0.25) is 0 Å². The van der Waals surface area contributed by atoms with Crippen molar-refractivity contribution in [3.05, 3.63) is 55.1 Å². The Hall–Kier alpha value is -2.03. The Balaban J connectivity index is 1.22. The van der Waals surface area contributed by atoms with Gasteiger partial charge in [0, 0.05) is 55.2 Å². The van der Waals surface area contributed by atoms with Crippen LogP contribution in [0, 0.1) is 0 Å². The van der Waals surface area contributed by atoms with E-state index in [4.69, 9.17) is 0 Å². The summed E-state index contributed by atoms with van der Waals surface area (Å²) >= 11 is 3.17. The molecule has 5 rings (SSSR count). The molecule has 0 N–H and O–H groups in total. The number of aromatic nitrogens is 2. The highest BCUT2D eigenvalue weighted by Gasteiger charge is 2.25. The Kier molecular flexibility index (Phi) is 4.78. The van der Waals surface area contributed by atoms with Gasteiger partial charge in [0.25, 0.3) is 11.5 Å². The molecule has 1 amide bonds. The lowest BCUT2D eigenvalue weighted by Crippen LogP contribution is -2.48. The lowest BCUT2D eigenvalue weighted by molar-refractivity contribution is 0.0632. The largest absolute Gasteiger partial charge is 0.335 e. The summed E-state index contributed by atoms with van der Waals surface area (Å²) in [5.41, 5.74) is 2.16. The van der Waals surface area contributed by atoms with Gasteiger partial charge in [-0.15, -0.1) is 22.7 Å². The van der Waals surface area contributed by atoms with Crippen molar-refractivity contribution in [3.8, 4) is 0 Å². The zero-order valence-corrected chi connectivity index (χ0v) is 17.2. The van der Waals surface area contributed by atoms with Crippen LogP contribution in [0.25, 0.3) is 4.96 Å². The standard InChI is InChI=1S/C20H22N4O2S2/c25-18-12-15(21-20-24(18)9-10-27-20)13-22-5-7-23(8-6-22)19(26)17-11-14-3-1-2-4-16(14)28-17/h9-12H,1-8,13H2. The van der Waals surface area contributed by atoms with Crippen LogP contribution in [0.4, 0.5) is 0 Å². The molecule has 0 bridgehead atoms. The van der Waals surface area contributed by atoms with E-state index in [9.17, 15) is 9.59 Å². The first kappa shape index (κ1) is 18.0. The van der Waals surface area contributed by atoms with Crippen LogP contribution in [0.2, 0.25) is 0 Å². The second kappa shape index (κ2) is 7.42. The highest BCUT2D eigenvalue weighted by molar-refractivity contribution is 7.15. The van der Waals surface area contributed by atoms with Crippen molar-refractivity contribution in [1.29, 1.82) is 0 Å². The van der Waals surface area contributed by atoms with Crippen LogP contribution >= 0.6 is 22.7 Å². The molecular formula is C20H22N4O2S2. The van der Waals surface area contributed by atoms with Gasteiger partial charge in [0.05, 0.1) is 10.6 Å². The van der Waals surface area contributed by atoms with E-state index in [1.807, 2.05) is 10.3 Å². The molecule has 0 aromatic carbocycles. The van der Waals surface area contributed by atoms with Gasteiger partial charge in [0.15, 0.2) is 4.96 Å². The fourth-order valence-corrected chi connectivity index (χ4v) is 6.02. The maximum Gasteiger partial charge on any atom is 0.264 e. The normalized spacial score (nSPS) is 17.8. The quantitative estimate of drug-likeness (QED) is 0.661. The van der Waals surface area contributed by atoms with Gasteiger partial charge >= 0.3 is 0 Å². The van der Waals surface area contributed by atoms with Crippen molar-refractivity contribution in [2.75, 3.05) is 26.2 Å². The lowest BCUT2D eigenvalue weighted by Gasteiger charge is -2.34. The zero-order valence-electron chi connectivity index (χ0n) is 15.6. The van der Waals surface area contributed by atoms with Gasteiger partial charge in [-0.1, -0.05) is 0 Å². The van der Waals surface area contributed by atoms with Gasteiger partial charge in [0.1, 0.15) is 0 Å². The third-order valence-electron chi connectivity index (χ3n) is 5.61. The fourth-order valence-electron chi connectivity index (χ4n) is 4.06. The molecule has 1 saturated heterocycles. The average molecular weight is 415 g/mol. The summed E-state index contributed by atoms with van der Waals surface area (Å²) in [6.45, 7) is 3.72. The number of thiophene rings is 1. The van der Waals surface area contributed by atoms with Gasteiger partial charge < -0.3 is 4.90 Å². The Bertz CT molecular complexity index is 1050. The van der Waals surface area contributed by atoms with E-state index in [1.165, 1.54) is 34.6 Å². The van der Waals surface area contributed by atoms with Crippen LogP contribution in [-0.4, -0.2) is 51.3 Å². The number of hydrogen-bond acceptors (Lipinski definition) is 6. The predicted molar refractivity (Wildman–Crippen MR) is 111 cm³/mol. The first-order valence-electron chi connectivity index (χ1n) is 9.76. The lowest BCUT2D eigenvalue weighted by atomic mass is 9.99. The zero-order chi connectivity index (χ0) is 19.1. The number of aryl methyl sites for hydroxylation is 2. The first-order valence-corrected chi connectivity index (χ1v) is 11.5. The van der Waals surface area contributed by atoms with Gasteiger partial charge in [-0.3, -0.25) is 18.9 Å². The number of amides is 1. The third-order valence-corrected chi connectivity index (χ3v) is 7.59. The second-order valence-electron chi connectivity index (χ2n) is 7.48. The highest BCUT2D eigenvalue weighted by atomic mass is 32.1. The minimum absolute atomic E-state index is 0.0308. The van der Waals surface area contributed by atoms with Crippen molar-refractivity contribution >= 4 is 33.5 Å². The molecular weight excluding hydrogens is 392 g/mol. The fraction of sp³-hybridized carbons (Fsp3) is 0.450. The SMILES string of the molecule is O=C(c1cc2c(s1)CCCC2)N1CCN(Cc2cc(=O)n3ccsc3n2)CC1. The molecule has 146 valence electrons. The van der Waals surface area contributed by atoms with Crippen molar-refractivity contribution in [2.24, 2.45) is 0 Å². The van der Waals surface area contributed by atoms with Crippen LogP contribution in [0.5, 0.6) is 0 Å². The summed E-state index contributed by atoms with van der Waals surface area (Å²) in [4.78, 5) is 36.9. The molecule has 1 fully saturated rings. The number of nitrogens with zero attached hydrogens (tertiary/aromatic N) is 4. The van der Waals surface area contributed by atoms with Crippen molar-refractivity contribution in [1.82, 2.24) is 19.2 Å². The number of hydrogen-bond donors (Lipinski definition) is 0. The van der Waals surface area contributed by atoms with Crippen LogP contribution in [0.3, 0.4) is 0 Å². The number of rotatable bonds is 3. The van der Waals surface area contributed by atoms with Crippen molar-refractivity contribution < 1.29 is 4.79 Å². The van der Waals surface area contributed by atoms with Crippen LogP contribution in [-0.2, 0) is 19.4 Å². The topological polar surface area (TPSA) is 57.9 Å². The average Bonchev–Trinajstić information content (AvgIpc) is 3.35. The molecule has 0 unspecified atom stereocenters. The molecule has 28 heavy (non-hydrogen) atoms.